The number of carbonyl (C=O) groups is 2. The van der Waals surface area contributed by atoms with E-state index in [-0.39, 0.29) is 6.61 Å². The van der Waals surface area contributed by atoms with Crippen molar-refractivity contribution in [2.24, 2.45) is 0 Å². The standard InChI is InChI=1S/C6H5ClF2O3/c7-6(8,9)5(11)1-3(10)4-2-12-4/h4H,1-2H2. The third-order valence-corrected chi connectivity index (χ3v) is 1.55. The molecule has 1 unspecified atom stereocenters. The van der Waals surface area contributed by atoms with Gasteiger partial charge < -0.3 is 4.74 Å². The molecule has 1 saturated heterocycles. The van der Waals surface area contributed by atoms with Crippen molar-refractivity contribution in [2.75, 3.05) is 6.61 Å². The lowest BCUT2D eigenvalue weighted by molar-refractivity contribution is -0.137. The minimum Gasteiger partial charge on any atom is -0.365 e. The first-order chi connectivity index (χ1) is 5.41. The van der Waals surface area contributed by atoms with Crippen LogP contribution in [-0.4, -0.2) is 29.7 Å². The smallest absolute Gasteiger partial charge is 0.365 e. The van der Waals surface area contributed by atoms with Gasteiger partial charge in [-0.05, 0) is 11.6 Å². The molecule has 0 radical (unpaired) electrons. The van der Waals surface area contributed by atoms with Crippen LogP contribution in [0.5, 0.6) is 0 Å². The quantitative estimate of drug-likeness (QED) is 0.380. The fraction of sp³-hybridized carbons (Fsp3) is 0.667. The van der Waals surface area contributed by atoms with Gasteiger partial charge in [-0.1, -0.05) is 0 Å². The van der Waals surface area contributed by atoms with E-state index in [1.807, 2.05) is 0 Å². The Balaban J connectivity index is 2.40. The van der Waals surface area contributed by atoms with Gasteiger partial charge in [-0.2, -0.15) is 8.78 Å². The first-order valence-electron chi connectivity index (χ1n) is 3.15. The molecule has 0 spiro atoms. The fourth-order valence-corrected chi connectivity index (χ4v) is 0.673. The Bertz CT molecular complexity index is 219. The lowest BCUT2D eigenvalue weighted by Gasteiger charge is -2.03. The molecule has 3 nitrogen and oxygen atoms in total. The first kappa shape index (κ1) is 9.54. The van der Waals surface area contributed by atoms with Crippen LogP contribution in [0.3, 0.4) is 0 Å². The SMILES string of the molecule is O=C(CC(=O)C(F)(F)Cl)C1CO1. The van der Waals surface area contributed by atoms with Crippen LogP contribution in [-0.2, 0) is 14.3 Å². The summed E-state index contributed by atoms with van der Waals surface area (Å²) in [4.78, 5) is 21.2. The molecule has 0 N–H and O–H groups in total. The van der Waals surface area contributed by atoms with Crippen LogP contribution < -0.4 is 0 Å². The normalized spacial score (nSPS) is 22.1. The van der Waals surface area contributed by atoms with E-state index >= 15 is 0 Å². The molecule has 6 heteroatoms. The number of Topliss-reactive ketones (excluding diaryl/α,β-unsaturated/α-hetero) is 2. The van der Waals surface area contributed by atoms with Crippen molar-refractivity contribution in [3.63, 3.8) is 0 Å². The van der Waals surface area contributed by atoms with E-state index in [2.05, 4.69) is 16.3 Å². The summed E-state index contributed by atoms with van der Waals surface area (Å²) in [5.41, 5.74) is 0. The molecule has 0 saturated carbocycles. The molecule has 0 aromatic heterocycles. The third-order valence-electron chi connectivity index (χ3n) is 1.34. The number of rotatable bonds is 4. The number of ether oxygens (including phenoxy) is 1. The Labute approximate surface area is 71.6 Å². The second kappa shape index (κ2) is 3.06. The third kappa shape index (κ3) is 2.49. The van der Waals surface area contributed by atoms with E-state index in [9.17, 15) is 18.4 Å². The van der Waals surface area contributed by atoms with Crippen LogP contribution in [0.4, 0.5) is 8.78 Å². The van der Waals surface area contributed by atoms with Crippen molar-refractivity contribution >= 4 is 23.2 Å². The van der Waals surface area contributed by atoms with Gasteiger partial charge in [0.05, 0.1) is 13.0 Å². The molecule has 0 bridgehead atoms. The van der Waals surface area contributed by atoms with Crippen LogP contribution >= 0.6 is 11.6 Å². The van der Waals surface area contributed by atoms with Crippen LogP contribution in [0.15, 0.2) is 0 Å². The van der Waals surface area contributed by atoms with Gasteiger partial charge >= 0.3 is 5.38 Å². The number of ketones is 2. The highest BCUT2D eigenvalue weighted by molar-refractivity contribution is 6.34. The van der Waals surface area contributed by atoms with Gasteiger partial charge in [-0.25, -0.2) is 0 Å². The monoisotopic (exact) mass is 198 g/mol. The predicted molar refractivity (Wildman–Crippen MR) is 35.2 cm³/mol. The van der Waals surface area contributed by atoms with Crippen molar-refractivity contribution < 1.29 is 23.1 Å². The lowest BCUT2D eigenvalue weighted by atomic mass is 10.1. The zero-order valence-electron chi connectivity index (χ0n) is 5.85. The summed E-state index contributed by atoms with van der Waals surface area (Å²) >= 11 is 4.38. The molecular formula is C6H5ClF2O3. The summed E-state index contributed by atoms with van der Waals surface area (Å²) in [6, 6.07) is 0. The minimum absolute atomic E-state index is 0.208. The van der Waals surface area contributed by atoms with Crippen LogP contribution in [0.25, 0.3) is 0 Å². The molecule has 0 aromatic rings. The van der Waals surface area contributed by atoms with Crippen LogP contribution in [0.2, 0.25) is 0 Å². The highest BCUT2D eigenvalue weighted by Crippen LogP contribution is 2.23. The topological polar surface area (TPSA) is 46.7 Å². The van der Waals surface area contributed by atoms with Crippen molar-refractivity contribution in [3.05, 3.63) is 0 Å². The molecule has 68 valence electrons. The zero-order chi connectivity index (χ0) is 9.35. The summed E-state index contributed by atoms with van der Waals surface area (Å²) in [5.74, 6) is -2.22. The average molecular weight is 199 g/mol. The van der Waals surface area contributed by atoms with Gasteiger partial charge in [0.25, 0.3) is 0 Å². The number of alkyl halides is 3. The van der Waals surface area contributed by atoms with E-state index in [4.69, 9.17) is 0 Å². The highest BCUT2D eigenvalue weighted by Gasteiger charge is 2.40. The number of carbonyl (C=O) groups excluding carboxylic acids is 2. The molecule has 1 atom stereocenters. The Kier molecular flexibility index (Phi) is 2.44. The van der Waals surface area contributed by atoms with Crippen molar-refractivity contribution in [3.8, 4) is 0 Å². The van der Waals surface area contributed by atoms with Crippen LogP contribution in [0, 0.1) is 0 Å². The van der Waals surface area contributed by atoms with Gasteiger partial charge in [0.1, 0.15) is 6.10 Å². The molecule has 1 fully saturated rings. The number of hydrogen-bond acceptors (Lipinski definition) is 3. The fourth-order valence-electron chi connectivity index (χ4n) is 0.606. The van der Waals surface area contributed by atoms with Crippen molar-refractivity contribution in [1.82, 2.24) is 0 Å². The molecule has 1 heterocycles. The van der Waals surface area contributed by atoms with E-state index in [0.717, 1.165) is 0 Å². The Morgan fingerprint density at radius 3 is 2.42 bits per heavy atom. The van der Waals surface area contributed by atoms with Crippen molar-refractivity contribution in [2.45, 2.75) is 17.9 Å². The maximum Gasteiger partial charge on any atom is 0.380 e. The van der Waals surface area contributed by atoms with Gasteiger partial charge in [0.2, 0.25) is 5.78 Å². The highest BCUT2D eigenvalue weighted by atomic mass is 35.5. The molecule has 1 aliphatic heterocycles. The largest absolute Gasteiger partial charge is 0.380 e. The second-order valence-electron chi connectivity index (χ2n) is 2.39. The van der Waals surface area contributed by atoms with E-state index in [1.165, 1.54) is 0 Å². The van der Waals surface area contributed by atoms with Gasteiger partial charge in [-0.15, -0.1) is 0 Å². The first-order valence-corrected chi connectivity index (χ1v) is 3.53. The van der Waals surface area contributed by atoms with Gasteiger partial charge in [-0.3, -0.25) is 9.59 Å². The van der Waals surface area contributed by atoms with Gasteiger partial charge in [0, 0.05) is 0 Å². The number of epoxide rings is 1. The van der Waals surface area contributed by atoms with E-state index in [1.54, 1.807) is 0 Å². The minimum atomic E-state index is -3.94. The molecule has 1 aliphatic rings. The number of hydrogen-bond donors (Lipinski definition) is 0. The average Bonchev–Trinajstić information content (AvgIpc) is 2.65. The molecule has 12 heavy (non-hydrogen) atoms. The maximum absolute atomic E-state index is 12.0. The summed E-state index contributed by atoms with van der Waals surface area (Å²) in [7, 11) is 0. The Hall–Kier alpha value is -0.550. The van der Waals surface area contributed by atoms with Gasteiger partial charge in [0.15, 0.2) is 5.78 Å². The molecule has 0 aliphatic carbocycles. The molecule has 1 rings (SSSR count). The Morgan fingerprint density at radius 2 is 2.08 bits per heavy atom. The molecular weight excluding hydrogens is 194 g/mol. The molecule has 0 amide bonds. The molecule has 0 aromatic carbocycles. The summed E-state index contributed by atoms with van der Waals surface area (Å²) in [6.07, 6.45) is -1.53. The second-order valence-corrected chi connectivity index (χ2v) is 2.86. The summed E-state index contributed by atoms with van der Waals surface area (Å²) < 4.78 is 28.5. The van der Waals surface area contributed by atoms with Crippen molar-refractivity contribution in [1.29, 1.82) is 0 Å². The number of halogens is 3. The van der Waals surface area contributed by atoms with E-state index in [0.29, 0.717) is 0 Å². The predicted octanol–water partition coefficient (Wildman–Crippen LogP) is 0.745. The zero-order valence-corrected chi connectivity index (χ0v) is 6.61. The summed E-state index contributed by atoms with van der Waals surface area (Å²) in [6.45, 7) is 0.208. The Morgan fingerprint density at radius 1 is 1.58 bits per heavy atom. The van der Waals surface area contributed by atoms with Crippen LogP contribution in [0.1, 0.15) is 6.42 Å². The summed E-state index contributed by atoms with van der Waals surface area (Å²) in [5, 5.41) is -3.94. The van der Waals surface area contributed by atoms with E-state index < -0.39 is 29.5 Å². The maximum atomic E-state index is 12.0. The lowest BCUT2D eigenvalue weighted by Crippen LogP contribution is -2.25.